The van der Waals surface area contributed by atoms with E-state index in [0.29, 0.717) is 0 Å². The summed E-state index contributed by atoms with van der Waals surface area (Å²) in [6.07, 6.45) is -0.247. The molecule has 0 saturated carbocycles. The fourth-order valence-electron chi connectivity index (χ4n) is 2.37. The number of rotatable bonds is 8. The molecule has 1 rings (SSSR count). The molecule has 0 spiro atoms. The first-order valence-corrected chi connectivity index (χ1v) is 12.2. The van der Waals surface area contributed by atoms with Crippen molar-refractivity contribution in [2.24, 2.45) is 11.7 Å². The SMILES string of the molecule is CC(O[Si](C)(C)C(C)(C)C)[C@H]1C(=O)N[C@@H]1SC(=O)CN(C)CC(N)=O. The Morgan fingerprint density at radius 2 is 1.92 bits per heavy atom. The van der Waals surface area contributed by atoms with Gasteiger partial charge in [-0.15, -0.1) is 0 Å². The lowest BCUT2D eigenvalue weighted by molar-refractivity contribution is -0.136. The third kappa shape index (κ3) is 6.09. The number of nitrogens with zero attached hydrogens (tertiary/aromatic N) is 1. The molecule has 0 aromatic carbocycles. The molecular weight excluding hydrogens is 358 g/mol. The number of hydrogen-bond acceptors (Lipinski definition) is 6. The molecule has 7 nitrogen and oxygen atoms in total. The van der Waals surface area contributed by atoms with E-state index in [1.54, 1.807) is 11.9 Å². The zero-order chi connectivity index (χ0) is 19.6. The molecule has 1 aliphatic heterocycles. The van der Waals surface area contributed by atoms with Crippen LogP contribution in [0.15, 0.2) is 0 Å². The fourth-order valence-corrected chi connectivity index (χ4v) is 5.04. The van der Waals surface area contributed by atoms with Gasteiger partial charge in [-0.1, -0.05) is 32.5 Å². The molecule has 144 valence electrons. The zero-order valence-corrected chi connectivity index (χ0v) is 18.0. The van der Waals surface area contributed by atoms with E-state index >= 15 is 0 Å². The van der Waals surface area contributed by atoms with Gasteiger partial charge >= 0.3 is 0 Å². The van der Waals surface area contributed by atoms with Gasteiger partial charge in [-0.2, -0.15) is 0 Å². The molecule has 1 aliphatic rings. The van der Waals surface area contributed by atoms with Crippen LogP contribution >= 0.6 is 11.8 Å². The number of β-lactam (4-membered cyclic amide) rings is 1. The lowest BCUT2D eigenvalue weighted by Gasteiger charge is -2.44. The first-order chi connectivity index (χ1) is 11.2. The molecule has 2 amide bonds. The van der Waals surface area contributed by atoms with Crippen molar-refractivity contribution in [3.8, 4) is 0 Å². The molecule has 1 heterocycles. The van der Waals surface area contributed by atoms with E-state index in [1.807, 2.05) is 6.92 Å². The molecule has 0 radical (unpaired) electrons. The molecule has 3 N–H and O–H groups in total. The van der Waals surface area contributed by atoms with E-state index in [2.05, 4.69) is 39.2 Å². The van der Waals surface area contributed by atoms with Crippen LogP contribution in [0.4, 0.5) is 0 Å². The average molecular weight is 390 g/mol. The van der Waals surface area contributed by atoms with Crippen molar-refractivity contribution in [1.29, 1.82) is 0 Å². The number of carbonyl (C=O) groups excluding carboxylic acids is 3. The van der Waals surface area contributed by atoms with Gasteiger partial charge in [0, 0.05) is 0 Å². The minimum absolute atomic E-state index is 0.0254. The largest absolute Gasteiger partial charge is 0.413 e. The summed E-state index contributed by atoms with van der Waals surface area (Å²) in [6.45, 7) is 12.8. The number of nitrogens with one attached hydrogen (secondary N) is 1. The normalized spacial score (nSPS) is 22.3. The van der Waals surface area contributed by atoms with Crippen molar-refractivity contribution in [3.63, 3.8) is 0 Å². The zero-order valence-electron chi connectivity index (χ0n) is 16.2. The van der Waals surface area contributed by atoms with Crippen LogP contribution in [0.2, 0.25) is 18.1 Å². The maximum absolute atomic E-state index is 12.1. The van der Waals surface area contributed by atoms with Crippen LogP contribution in [0.3, 0.4) is 0 Å². The molecular formula is C16H31N3O4SSi. The van der Waals surface area contributed by atoms with Gasteiger partial charge in [0.1, 0.15) is 0 Å². The van der Waals surface area contributed by atoms with Crippen molar-refractivity contribution in [2.45, 2.75) is 57.3 Å². The maximum Gasteiger partial charge on any atom is 0.231 e. The van der Waals surface area contributed by atoms with E-state index in [1.165, 1.54) is 0 Å². The predicted octanol–water partition coefficient (Wildman–Crippen LogP) is 1.15. The Morgan fingerprint density at radius 3 is 2.36 bits per heavy atom. The summed E-state index contributed by atoms with van der Waals surface area (Å²) < 4.78 is 6.30. The first-order valence-electron chi connectivity index (χ1n) is 8.39. The van der Waals surface area contributed by atoms with Gasteiger partial charge in [-0.05, 0) is 32.1 Å². The molecule has 1 saturated heterocycles. The minimum Gasteiger partial charge on any atom is -0.413 e. The number of primary amides is 1. The second kappa shape index (κ2) is 8.19. The molecule has 0 aromatic rings. The van der Waals surface area contributed by atoms with E-state index in [4.69, 9.17) is 10.2 Å². The monoisotopic (exact) mass is 389 g/mol. The Hall–Kier alpha value is -0.903. The van der Waals surface area contributed by atoms with E-state index in [-0.39, 0.29) is 46.5 Å². The van der Waals surface area contributed by atoms with Crippen LogP contribution in [0.1, 0.15) is 27.7 Å². The number of thioether (sulfide) groups is 1. The van der Waals surface area contributed by atoms with Gasteiger partial charge in [0.2, 0.25) is 16.9 Å². The number of hydrogen-bond donors (Lipinski definition) is 2. The number of carbonyl (C=O) groups is 3. The third-order valence-corrected chi connectivity index (χ3v) is 10.4. The molecule has 9 heteroatoms. The van der Waals surface area contributed by atoms with Crippen molar-refractivity contribution < 1.29 is 18.8 Å². The standard InChI is InChI=1S/C16H31N3O4SSi/c1-10(23-25(6,7)16(2,3)4)13-14(22)18-15(13)24-12(21)9-19(5)8-11(17)20/h10,13,15H,8-9H2,1-7H3,(H2,17,20)(H,18,22)/t10?,13-,15+/m0/s1. The van der Waals surface area contributed by atoms with Crippen LogP contribution in [-0.4, -0.2) is 61.8 Å². The van der Waals surface area contributed by atoms with Gasteiger partial charge in [0.25, 0.3) is 0 Å². The van der Waals surface area contributed by atoms with Gasteiger partial charge in [0.15, 0.2) is 8.32 Å². The van der Waals surface area contributed by atoms with Crippen LogP contribution in [0.25, 0.3) is 0 Å². The fraction of sp³-hybridized carbons (Fsp3) is 0.812. The van der Waals surface area contributed by atoms with Crippen molar-refractivity contribution >= 4 is 37.0 Å². The minimum atomic E-state index is -1.99. The highest BCUT2D eigenvalue weighted by Crippen LogP contribution is 2.40. The smallest absolute Gasteiger partial charge is 0.231 e. The summed E-state index contributed by atoms with van der Waals surface area (Å²) in [5, 5.41) is 2.42. The lowest BCUT2D eigenvalue weighted by Crippen LogP contribution is -2.62. The van der Waals surface area contributed by atoms with Gasteiger partial charge < -0.3 is 15.5 Å². The average Bonchev–Trinajstić information content (AvgIpc) is 2.33. The van der Waals surface area contributed by atoms with Crippen LogP contribution in [-0.2, 0) is 18.8 Å². The molecule has 0 aliphatic carbocycles. The Bertz CT molecular complexity index is 536. The second-order valence-electron chi connectivity index (χ2n) is 8.17. The van der Waals surface area contributed by atoms with Crippen LogP contribution < -0.4 is 11.1 Å². The first kappa shape index (κ1) is 22.1. The van der Waals surface area contributed by atoms with Crippen molar-refractivity contribution in [2.75, 3.05) is 20.1 Å². The molecule has 1 unspecified atom stereocenters. The van der Waals surface area contributed by atoms with Crippen molar-refractivity contribution in [3.05, 3.63) is 0 Å². The molecule has 0 bridgehead atoms. The molecule has 3 atom stereocenters. The van der Waals surface area contributed by atoms with E-state index < -0.39 is 14.2 Å². The highest BCUT2D eigenvalue weighted by molar-refractivity contribution is 8.14. The Balaban J connectivity index is 2.61. The summed E-state index contributed by atoms with van der Waals surface area (Å²) in [5.41, 5.74) is 5.11. The summed E-state index contributed by atoms with van der Waals surface area (Å²) in [6, 6.07) is 0. The molecule has 25 heavy (non-hydrogen) atoms. The van der Waals surface area contributed by atoms with E-state index in [0.717, 1.165) is 11.8 Å². The maximum atomic E-state index is 12.1. The number of amides is 2. The quantitative estimate of drug-likeness (QED) is 0.477. The van der Waals surface area contributed by atoms with Gasteiger partial charge in [-0.3, -0.25) is 19.3 Å². The topological polar surface area (TPSA) is 102 Å². The van der Waals surface area contributed by atoms with E-state index in [9.17, 15) is 14.4 Å². The second-order valence-corrected chi connectivity index (χ2v) is 14.1. The highest BCUT2D eigenvalue weighted by Gasteiger charge is 2.48. The summed E-state index contributed by atoms with van der Waals surface area (Å²) in [5.74, 6) is -0.905. The Kier molecular flexibility index (Phi) is 7.26. The number of likely N-dealkylation sites (N-methyl/N-ethyl adjacent to an activating group) is 1. The van der Waals surface area contributed by atoms with Crippen LogP contribution in [0, 0.1) is 5.92 Å². The summed E-state index contributed by atoms with van der Waals surface area (Å²) in [4.78, 5) is 36.6. The van der Waals surface area contributed by atoms with Crippen LogP contribution in [0.5, 0.6) is 0 Å². The summed E-state index contributed by atoms with van der Waals surface area (Å²) in [7, 11) is -0.335. The lowest BCUT2D eigenvalue weighted by atomic mass is 9.96. The predicted molar refractivity (Wildman–Crippen MR) is 102 cm³/mol. The van der Waals surface area contributed by atoms with Gasteiger partial charge in [-0.25, -0.2) is 0 Å². The van der Waals surface area contributed by atoms with Crippen molar-refractivity contribution in [1.82, 2.24) is 10.2 Å². The Morgan fingerprint density at radius 1 is 1.36 bits per heavy atom. The summed E-state index contributed by atoms with van der Waals surface area (Å²) >= 11 is 1.09. The Labute approximate surface area is 155 Å². The third-order valence-electron chi connectivity index (χ3n) is 4.79. The van der Waals surface area contributed by atoms with Gasteiger partial charge in [0.05, 0.1) is 30.5 Å². The molecule has 1 fully saturated rings. The highest BCUT2D eigenvalue weighted by atomic mass is 32.2. The number of nitrogens with two attached hydrogens (primary N) is 1. The molecule has 0 aromatic heterocycles.